The maximum atomic E-state index is 11.0. The molecule has 98 valence electrons. The fourth-order valence-corrected chi connectivity index (χ4v) is 3.02. The smallest absolute Gasteiger partial charge is 0.233 e. The monoisotopic (exact) mass is 240 g/mol. The number of fused-ring (bicyclic) bond motifs is 1. The maximum absolute atomic E-state index is 11.0. The van der Waals surface area contributed by atoms with Crippen molar-refractivity contribution in [3.05, 3.63) is 0 Å². The first-order valence-corrected chi connectivity index (χ1v) is 6.75. The Hall–Kier alpha value is -0.650. The summed E-state index contributed by atoms with van der Waals surface area (Å²) in [5, 5.41) is 0. The lowest BCUT2D eigenvalue weighted by molar-refractivity contribution is -0.121. The third-order valence-electron chi connectivity index (χ3n) is 3.93. The van der Waals surface area contributed by atoms with Crippen LogP contribution in [0.4, 0.5) is 0 Å². The molecule has 17 heavy (non-hydrogen) atoms. The Balaban J connectivity index is 1.71. The number of nitrogens with two attached hydrogens (primary N) is 1. The predicted molar refractivity (Wildman–Crippen MR) is 67.2 cm³/mol. The summed E-state index contributed by atoms with van der Waals surface area (Å²) in [4.78, 5) is 16.2. The van der Waals surface area contributed by atoms with Gasteiger partial charge in [-0.05, 0) is 51.9 Å². The van der Waals surface area contributed by atoms with E-state index in [0.717, 1.165) is 19.0 Å². The van der Waals surface area contributed by atoms with Crippen LogP contribution in [0.15, 0.2) is 0 Å². The van der Waals surface area contributed by atoms with Crippen LogP contribution in [-0.2, 0) is 4.79 Å². The molecule has 2 saturated heterocycles. The van der Waals surface area contributed by atoms with Crippen molar-refractivity contribution in [2.45, 2.75) is 38.1 Å². The van der Waals surface area contributed by atoms with Crippen molar-refractivity contribution in [1.29, 1.82) is 0 Å². The van der Waals surface area contributed by atoms with E-state index in [4.69, 9.17) is 5.84 Å². The fraction of sp³-hybridized carbons (Fsp3) is 0.917. The zero-order valence-electron chi connectivity index (χ0n) is 10.5. The van der Waals surface area contributed by atoms with Gasteiger partial charge in [0.15, 0.2) is 0 Å². The van der Waals surface area contributed by atoms with Gasteiger partial charge in [0.2, 0.25) is 5.91 Å². The highest BCUT2D eigenvalue weighted by Crippen LogP contribution is 2.21. The van der Waals surface area contributed by atoms with E-state index in [1.54, 1.807) is 0 Å². The van der Waals surface area contributed by atoms with Gasteiger partial charge in [-0.3, -0.25) is 15.1 Å². The number of amides is 1. The second-order valence-corrected chi connectivity index (χ2v) is 5.16. The normalized spacial score (nSPS) is 26.5. The second-order valence-electron chi connectivity index (χ2n) is 5.16. The fourth-order valence-electron chi connectivity index (χ4n) is 3.02. The van der Waals surface area contributed by atoms with Crippen LogP contribution in [0.3, 0.4) is 0 Å². The van der Waals surface area contributed by atoms with Crippen LogP contribution in [0.2, 0.25) is 0 Å². The molecule has 1 amide bonds. The van der Waals surface area contributed by atoms with E-state index in [-0.39, 0.29) is 5.91 Å². The van der Waals surface area contributed by atoms with Crippen LogP contribution < -0.4 is 11.3 Å². The lowest BCUT2D eigenvalue weighted by Crippen LogP contribution is -2.37. The first kappa shape index (κ1) is 12.8. The third-order valence-corrected chi connectivity index (χ3v) is 3.93. The molecular weight excluding hydrogens is 216 g/mol. The lowest BCUT2D eigenvalue weighted by Gasteiger charge is -2.25. The van der Waals surface area contributed by atoms with Crippen molar-refractivity contribution < 1.29 is 4.79 Å². The topological polar surface area (TPSA) is 61.6 Å². The molecule has 0 saturated carbocycles. The molecule has 2 aliphatic rings. The number of hydrogen-bond donors (Lipinski definition) is 2. The van der Waals surface area contributed by atoms with Gasteiger partial charge in [-0.1, -0.05) is 0 Å². The molecule has 1 atom stereocenters. The zero-order chi connectivity index (χ0) is 12.1. The van der Waals surface area contributed by atoms with E-state index in [0.29, 0.717) is 6.42 Å². The van der Waals surface area contributed by atoms with Crippen molar-refractivity contribution >= 4 is 5.91 Å². The summed E-state index contributed by atoms with van der Waals surface area (Å²) in [6.45, 7) is 5.93. The molecule has 2 heterocycles. The number of carbonyl (C=O) groups is 1. The standard InChI is InChI=1S/C12H24N4O/c13-14-12(17)5-2-6-15-7-3-9-16-8-1-4-11(16)10-15/h11H,1-10,13H2,(H,14,17). The number of rotatable bonds is 4. The summed E-state index contributed by atoms with van der Waals surface area (Å²) in [5.74, 6) is 5.01. The quantitative estimate of drug-likeness (QED) is 0.410. The molecule has 2 rings (SSSR count). The van der Waals surface area contributed by atoms with Crippen molar-refractivity contribution in [2.75, 3.05) is 32.7 Å². The zero-order valence-corrected chi connectivity index (χ0v) is 10.5. The van der Waals surface area contributed by atoms with Crippen LogP contribution in [0.1, 0.15) is 32.1 Å². The molecule has 5 nitrogen and oxygen atoms in total. The van der Waals surface area contributed by atoms with Crippen molar-refractivity contribution in [2.24, 2.45) is 5.84 Å². The molecule has 0 aliphatic carbocycles. The maximum Gasteiger partial charge on any atom is 0.233 e. The molecule has 2 fully saturated rings. The Morgan fingerprint density at radius 1 is 1.29 bits per heavy atom. The van der Waals surface area contributed by atoms with Crippen LogP contribution >= 0.6 is 0 Å². The molecule has 0 radical (unpaired) electrons. The molecule has 0 bridgehead atoms. The Kier molecular flexibility index (Phi) is 4.76. The molecule has 1 unspecified atom stereocenters. The molecule has 5 heteroatoms. The highest BCUT2D eigenvalue weighted by atomic mass is 16.2. The van der Waals surface area contributed by atoms with Crippen molar-refractivity contribution in [3.63, 3.8) is 0 Å². The number of nitrogens with one attached hydrogen (secondary N) is 1. The number of nitrogens with zero attached hydrogens (tertiary/aromatic N) is 2. The molecule has 0 aromatic carbocycles. The molecule has 0 aromatic rings. The Morgan fingerprint density at radius 3 is 2.94 bits per heavy atom. The molecule has 3 N–H and O–H groups in total. The van der Waals surface area contributed by atoms with Gasteiger partial charge in [-0.2, -0.15) is 0 Å². The van der Waals surface area contributed by atoms with Crippen molar-refractivity contribution in [3.8, 4) is 0 Å². The van der Waals surface area contributed by atoms with Crippen LogP contribution in [0, 0.1) is 0 Å². The summed E-state index contributed by atoms with van der Waals surface area (Å²) in [6, 6.07) is 0.765. The predicted octanol–water partition coefficient (Wildman–Crippen LogP) is -0.0734. The molecular formula is C12H24N4O. The average Bonchev–Trinajstić information content (AvgIpc) is 2.68. The minimum atomic E-state index is -0.0534. The summed E-state index contributed by atoms with van der Waals surface area (Å²) < 4.78 is 0. The van der Waals surface area contributed by atoms with E-state index in [1.807, 2.05) is 0 Å². The van der Waals surface area contributed by atoms with Gasteiger partial charge < -0.3 is 4.90 Å². The summed E-state index contributed by atoms with van der Waals surface area (Å²) in [6.07, 6.45) is 5.42. The third kappa shape index (κ3) is 3.66. The van der Waals surface area contributed by atoms with Gasteiger partial charge in [0.05, 0.1) is 0 Å². The lowest BCUT2D eigenvalue weighted by atomic mass is 10.2. The van der Waals surface area contributed by atoms with Gasteiger partial charge in [0.25, 0.3) is 0 Å². The SMILES string of the molecule is NNC(=O)CCCN1CCCN2CCCC2C1. The van der Waals surface area contributed by atoms with E-state index in [2.05, 4.69) is 15.2 Å². The van der Waals surface area contributed by atoms with Gasteiger partial charge in [-0.25, -0.2) is 5.84 Å². The average molecular weight is 240 g/mol. The van der Waals surface area contributed by atoms with Crippen LogP contribution in [0.5, 0.6) is 0 Å². The molecule has 0 aromatic heterocycles. The van der Waals surface area contributed by atoms with Gasteiger partial charge in [-0.15, -0.1) is 0 Å². The highest BCUT2D eigenvalue weighted by molar-refractivity contribution is 5.75. The Labute approximate surface area is 103 Å². The van der Waals surface area contributed by atoms with E-state index in [1.165, 1.54) is 45.4 Å². The molecule has 2 aliphatic heterocycles. The van der Waals surface area contributed by atoms with E-state index in [9.17, 15) is 4.79 Å². The van der Waals surface area contributed by atoms with Crippen LogP contribution in [-0.4, -0.2) is 54.5 Å². The van der Waals surface area contributed by atoms with E-state index < -0.39 is 0 Å². The molecule has 0 spiro atoms. The minimum Gasteiger partial charge on any atom is -0.302 e. The van der Waals surface area contributed by atoms with Gasteiger partial charge in [0.1, 0.15) is 0 Å². The first-order valence-electron chi connectivity index (χ1n) is 6.75. The number of carbonyl (C=O) groups excluding carboxylic acids is 1. The Bertz CT molecular complexity index is 259. The summed E-state index contributed by atoms with van der Waals surface area (Å²) in [5.41, 5.74) is 2.19. The van der Waals surface area contributed by atoms with E-state index >= 15 is 0 Å². The number of hydrogen-bond acceptors (Lipinski definition) is 4. The first-order chi connectivity index (χ1) is 8.29. The van der Waals surface area contributed by atoms with Gasteiger partial charge in [0, 0.05) is 19.0 Å². The summed E-state index contributed by atoms with van der Waals surface area (Å²) in [7, 11) is 0. The number of hydrazine groups is 1. The van der Waals surface area contributed by atoms with Crippen molar-refractivity contribution in [1.82, 2.24) is 15.2 Å². The van der Waals surface area contributed by atoms with Gasteiger partial charge >= 0.3 is 0 Å². The second kappa shape index (κ2) is 6.33. The Morgan fingerprint density at radius 2 is 2.12 bits per heavy atom. The van der Waals surface area contributed by atoms with Crippen LogP contribution in [0.25, 0.3) is 0 Å². The largest absolute Gasteiger partial charge is 0.302 e. The summed E-state index contributed by atoms with van der Waals surface area (Å²) >= 11 is 0. The minimum absolute atomic E-state index is 0.0534. The highest BCUT2D eigenvalue weighted by Gasteiger charge is 2.28.